The maximum Gasteiger partial charge on any atom is 0.0776 e. The quantitative estimate of drug-likeness (QED) is 0.123. The van der Waals surface area contributed by atoms with E-state index in [4.69, 9.17) is 4.98 Å². The van der Waals surface area contributed by atoms with Gasteiger partial charge in [-0.2, -0.15) is 0 Å². The van der Waals surface area contributed by atoms with Crippen molar-refractivity contribution in [1.29, 1.82) is 0 Å². The van der Waals surface area contributed by atoms with Gasteiger partial charge in [0.2, 0.25) is 0 Å². The molecule has 0 bridgehead atoms. The molecule has 4 aromatic carbocycles. The molecule has 6 rings (SSSR count). The van der Waals surface area contributed by atoms with Crippen LogP contribution in [0.4, 0.5) is 0 Å². The second-order valence-corrected chi connectivity index (χ2v) is 30.3. The number of nitrogens with zero attached hydrogens (tertiary/aromatic N) is 2. The van der Waals surface area contributed by atoms with E-state index in [9.17, 15) is 0 Å². The number of fused-ring (bicyclic) bond motifs is 1. The number of hydrogen-bond acceptors (Lipinski definition) is 2. The van der Waals surface area contributed by atoms with Crippen LogP contribution in [0.3, 0.4) is 0 Å². The van der Waals surface area contributed by atoms with Crippen molar-refractivity contribution in [1.82, 2.24) is 9.97 Å². The summed E-state index contributed by atoms with van der Waals surface area (Å²) in [7, 11) is -4.12. The van der Waals surface area contributed by atoms with Crippen LogP contribution in [0, 0.1) is 12.1 Å². The van der Waals surface area contributed by atoms with Gasteiger partial charge in [0, 0.05) is 34.4 Å². The van der Waals surface area contributed by atoms with Crippen molar-refractivity contribution in [3.63, 3.8) is 0 Å². The Kier molecular flexibility index (Phi) is 11.6. The van der Waals surface area contributed by atoms with Crippen LogP contribution in [0.15, 0.2) is 115 Å². The van der Waals surface area contributed by atoms with Gasteiger partial charge in [-0.1, -0.05) is 124 Å². The van der Waals surface area contributed by atoms with Crippen molar-refractivity contribution in [2.45, 2.75) is 58.9 Å². The third-order valence-corrected chi connectivity index (χ3v) is 14.5. The second kappa shape index (κ2) is 14.9. The van der Waals surface area contributed by atoms with Crippen LogP contribution in [0.1, 0.15) is 0 Å². The van der Waals surface area contributed by atoms with Gasteiger partial charge in [0.25, 0.3) is 0 Å². The Morgan fingerprint density at radius 1 is 0.532 bits per heavy atom. The standard InChI is InChI=1S/C30H38NSi3.C11H8N.Ir/c1-32(2,3)25-14-10-22(11-15-25)29-21-24-20-27(34(7,8)9)18-19-28(24)30(31-29)23-12-16-26(17-13-23)33(4,5)6;1-2-6-10(7-3-1)11-8-4-5-9-12-11;/h10-12,14-21H,1-9H3;1-6,8-9H;/q2*-1;. The van der Waals surface area contributed by atoms with Gasteiger partial charge in [-0.3, -0.25) is 4.98 Å². The summed E-state index contributed by atoms with van der Waals surface area (Å²) >= 11 is 0. The van der Waals surface area contributed by atoms with Gasteiger partial charge < -0.3 is 4.98 Å². The maximum absolute atomic E-state index is 5.22. The molecule has 0 fully saturated rings. The molecule has 0 atom stereocenters. The first-order valence-electron chi connectivity index (χ1n) is 16.2. The third-order valence-electron chi connectivity index (χ3n) is 8.33. The van der Waals surface area contributed by atoms with Gasteiger partial charge in [-0.25, -0.2) is 0 Å². The Bertz CT molecular complexity index is 1870. The van der Waals surface area contributed by atoms with E-state index in [2.05, 4.69) is 143 Å². The Hall–Kier alpha value is -3.26. The number of rotatable bonds is 6. The summed E-state index contributed by atoms with van der Waals surface area (Å²) in [6.07, 6.45) is 1.79. The molecule has 243 valence electrons. The van der Waals surface area contributed by atoms with E-state index in [-0.39, 0.29) is 20.1 Å². The third kappa shape index (κ3) is 9.21. The predicted octanol–water partition coefficient (Wildman–Crippen LogP) is 9.55. The molecule has 0 aliphatic heterocycles. The Balaban J connectivity index is 0.000000322. The molecule has 6 aromatic rings. The molecule has 2 aromatic heterocycles. The van der Waals surface area contributed by atoms with Crippen LogP contribution in [-0.2, 0) is 20.1 Å². The molecule has 0 unspecified atom stereocenters. The van der Waals surface area contributed by atoms with Crippen molar-refractivity contribution in [2.24, 2.45) is 0 Å². The Labute approximate surface area is 299 Å². The molecule has 0 spiro atoms. The van der Waals surface area contributed by atoms with Crippen molar-refractivity contribution < 1.29 is 20.1 Å². The van der Waals surface area contributed by atoms with Gasteiger partial charge in [0.1, 0.15) is 0 Å². The molecule has 2 nitrogen and oxygen atoms in total. The fourth-order valence-electron chi connectivity index (χ4n) is 5.33. The van der Waals surface area contributed by atoms with Crippen LogP contribution in [0.5, 0.6) is 0 Å². The van der Waals surface area contributed by atoms with E-state index in [0.29, 0.717) is 0 Å². The molecule has 0 N–H and O–H groups in total. The van der Waals surface area contributed by atoms with E-state index in [1.165, 1.54) is 31.9 Å². The molecule has 1 radical (unpaired) electrons. The summed E-state index contributed by atoms with van der Waals surface area (Å²) in [5.41, 5.74) is 6.35. The van der Waals surface area contributed by atoms with Gasteiger partial charge in [-0.05, 0) is 39.9 Å². The first-order chi connectivity index (χ1) is 21.7. The molecular weight excluding hydrogens is 797 g/mol. The zero-order chi connectivity index (χ0) is 33.1. The minimum atomic E-state index is -1.42. The van der Waals surface area contributed by atoms with Gasteiger partial charge in [-0.15, -0.1) is 70.9 Å². The maximum atomic E-state index is 5.22. The largest absolute Gasteiger partial charge is 0.305 e. The van der Waals surface area contributed by atoms with Crippen LogP contribution in [0.25, 0.3) is 44.5 Å². The minimum absolute atomic E-state index is 0. The zero-order valence-electron chi connectivity index (χ0n) is 29.2. The number of pyridine rings is 2. The average Bonchev–Trinajstić information content (AvgIpc) is 3.04. The molecule has 2 heterocycles. The zero-order valence-corrected chi connectivity index (χ0v) is 34.6. The van der Waals surface area contributed by atoms with Crippen molar-refractivity contribution in [3.8, 4) is 33.8 Å². The van der Waals surface area contributed by atoms with Crippen molar-refractivity contribution in [2.75, 3.05) is 0 Å². The average molecular weight is 843 g/mol. The number of benzene rings is 4. The summed E-state index contributed by atoms with van der Waals surface area (Å²) in [5.74, 6) is 0. The number of hydrogen-bond donors (Lipinski definition) is 0. The SMILES string of the molecule is C[Si](C)(C)c1c[c-]c(-c2nc(-c3ccc([Si](C)(C)C)cc3)cc3cc([Si](C)(C)C)ccc23)cc1.[Ir].[c-]1ccccc1-c1ccccn1. The van der Waals surface area contributed by atoms with Gasteiger partial charge in [0.15, 0.2) is 0 Å². The molecular formula is C41H46IrN2Si3-2. The number of aromatic nitrogens is 2. The van der Waals surface area contributed by atoms with Crippen LogP contribution in [0.2, 0.25) is 58.9 Å². The normalized spacial score (nSPS) is 11.8. The van der Waals surface area contributed by atoms with Crippen molar-refractivity contribution >= 4 is 50.6 Å². The Morgan fingerprint density at radius 3 is 1.72 bits per heavy atom. The summed E-state index contributed by atoms with van der Waals surface area (Å²) < 4.78 is 0. The van der Waals surface area contributed by atoms with E-state index in [0.717, 1.165) is 28.2 Å². The molecule has 0 saturated carbocycles. The second-order valence-electron chi connectivity index (χ2n) is 15.1. The molecule has 0 aliphatic rings. The first-order valence-corrected chi connectivity index (χ1v) is 26.7. The van der Waals surface area contributed by atoms with Crippen molar-refractivity contribution in [3.05, 3.63) is 128 Å². The molecule has 0 saturated heterocycles. The first kappa shape index (κ1) is 36.6. The summed E-state index contributed by atoms with van der Waals surface area (Å²) in [5, 5.41) is 6.88. The van der Waals surface area contributed by atoms with E-state index < -0.39 is 24.2 Å². The van der Waals surface area contributed by atoms with Gasteiger partial charge >= 0.3 is 0 Å². The molecule has 47 heavy (non-hydrogen) atoms. The topological polar surface area (TPSA) is 25.8 Å². The van der Waals surface area contributed by atoms with Gasteiger partial charge in [0.05, 0.1) is 21.8 Å². The van der Waals surface area contributed by atoms with E-state index >= 15 is 0 Å². The summed E-state index contributed by atoms with van der Waals surface area (Å²) in [6.45, 7) is 21.6. The predicted molar refractivity (Wildman–Crippen MR) is 209 cm³/mol. The summed E-state index contributed by atoms with van der Waals surface area (Å²) in [6, 6.07) is 45.5. The summed E-state index contributed by atoms with van der Waals surface area (Å²) in [4.78, 5) is 9.44. The fourth-order valence-corrected chi connectivity index (χ4v) is 8.76. The smallest absolute Gasteiger partial charge is 0.0776 e. The van der Waals surface area contributed by atoms with E-state index in [1.54, 1.807) is 6.20 Å². The molecule has 0 amide bonds. The fraction of sp³-hybridized carbons (Fsp3) is 0.220. The van der Waals surface area contributed by atoms with Crippen LogP contribution in [-0.4, -0.2) is 34.2 Å². The minimum Gasteiger partial charge on any atom is -0.305 e. The van der Waals surface area contributed by atoms with E-state index in [1.807, 2.05) is 42.5 Å². The molecule has 6 heteroatoms. The van der Waals surface area contributed by atoms with Crippen LogP contribution >= 0.6 is 0 Å². The van der Waals surface area contributed by atoms with Crippen LogP contribution < -0.4 is 15.6 Å². The monoisotopic (exact) mass is 843 g/mol. The molecule has 0 aliphatic carbocycles. The Morgan fingerprint density at radius 2 is 1.17 bits per heavy atom.